The number of carboxylic acid groups (broad SMARTS) is 1. The molecule has 1 aromatic heterocycles. The van der Waals surface area contributed by atoms with Gasteiger partial charge in [-0.1, -0.05) is 12.1 Å². The van der Waals surface area contributed by atoms with Crippen molar-refractivity contribution in [1.82, 2.24) is 0 Å². The number of nitrogens with one attached hydrogen (secondary N) is 1. The first-order chi connectivity index (χ1) is 9.89. The van der Waals surface area contributed by atoms with Crippen LogP contribution in [0.4, 0.5) is 5.00 Å². The van der Waals surface area contributed by atoms with E-state index in [0.717, 1.165) is 11.3 Å². The van der Waals surface area contributed by atoms with Gasteiger partial charge in [0.15, 0.2) is 0 Å². The van der Waals surface area contributed by atoms with Crippen LogP contribution < -0.4 is 4.72 Å². The number of hydrogen-bond donors (Lipinski definition) is 2. The fourth-order valence-electron chi connectivity index (χ4n) is 1.59. The van der Waals surface area contributed by atoms with Crippen LogP contribution in [0, 0.1) is 11.3 Å². The molecule has 21 heavy (non-hydrogen) atoms. The normalized spacial score (nSPS) is 10.8. The number of nitriles is 1. The fourth-order valence-corrected chi connectivity index (χ4v) is 3.81. The van der Waals surface area contributed by atoms with Gasteiger partial charge in [0.05, 0.1) is 17.4 Å². The molecular weight excluding hydrogens is 312 g/mol. The monoisotopic (exact) mass is 322 g/mol. The summed E-state index contributed by atoms with van der Waals surface area (Å²) in [5.41, 5.74) is 0.991. The molecule has 1 heterocycles. The zero-order chi connectivity index (χ0) is 15.5. The van der Waals surface area contributed by atoms with Crippen LogP contribution in [-0.4, -0.2) is 19.5 Å². The van der Waals surface area contributed by atoms with Crippen molar-refractivity contribution >= 4 is 32.3 Å². The number of anilines is 1. The topological polar surface area (TPSA) is 107 Å². The third-order valence-electron chi connectivity index (χ3n) is 2.51. The van der Waals surface area contributed by atoms with Crippen molar-refractivity contribution in [3.05, 3.63) is 52.4 Å². The molecule has 0 aliphatic rings. The minimum absolute atomic E-state index is 0.0612. The van der Waals surface area contributed by atoms with Gasteiger partial charge in [-0.25, -0.2) is 13.2 Å². The minimum atomic E-state index is -3.64. The van der Waals surface area contributed by atoms with E-state index in [2.05, 4.69) is 4.72 Å². The lowest BCUT2D eigenvalue weighted by Crippen LogP contribution is -2.14. The van der Waals surface area contributed by atoms with E-state index in [0.29, 0.717) is 11.1 Å². The maximum absolute atomic E-state index is 12.0. The average Bonchev–Trinajstić information content (AvgIpc) is 2.87. The third-order valence-corrected chi connectivity index (χ3v) is 4.87. The van der Waals surface area contributed by atoms with Crippen LogP contribution in [0.3, 0.4) is 0 Å². The molecule has 0 saturated heterocycles. The molecule has 2 N–H and O–H groups in total. The predicted molar refractivity (Wildman–Crippen MR) is 78.7 cm³/mol. The standard InChI is InChI=1S/C13H10N2O4S2/c14-7-9-1-3-10(4-2-9)8-21(18,19)15-12-6-5-11(20-12)13(16)17/h1-6,15H,8H2,(H,16,17). The van der Waals surface area contributed by atoms with Crippen molar-refractivity contribution in [1.29, 1.82) is 5.26 Å². The van der Waals surface area contributed by atoms with Crippen LogP contribution in [0.5, 0.6) is 0 Å². The molecule has 0 fully saturated rings. The van der Waals surface area contributed by atoms with Crippen molar-refractivity contribution in [2.75, 3.05) is 4.72 Å². The Morgan fingerprint density at radius 3 is 2.43 bits per heavy atom. The molecule has 0 unspecified atom stereocenters. The zero-order valence-electron chi connectivity index (χ0n) is 10.6. The number of aromatic carboxylic acids is 1. The number of thiophene rings is 1. The summed E-state index contributed by atoms with van der Waals surface area (Å²) in [4.78, 5) is 10.8. The second kappa shape index (κ2) is 5.95. The lowest BCUT2D eigenvalue weighted by Gasteiger charge is -2.05. The number of carboxylic acids is 1. The summed E-state index contributed by atoms with van der Waals surface area (Å²) in [7, 11) is -3.64. The smallest absolute Gasteiger partial charge is 0.345 e. The van der Waals surface area contributed by atoms with Gasteiger partial charge in [-0.2, -0.15) is 5.26 Å². The molecule has 0 spiro atoms. The summed E-state index contributed by atoms with van der Waals surface area (Å²) in [5, 5.41) is 17.7. The second-order valence-electron chi connectivity index (χ2n) is 4.14. The van der Waals surface area contributed by atoms with E-state index >= 15 is 0 Å². The number of benzene rings is 1. The SMILES string of the molecule is N#Cc1ccc(CS(=O)(=O)Nc2ccc(C(=O)O)s2)cc1. The Kier molecular flexibility index (Phi) is 4.26. The molecule has 0 bridgehead atoms. The number of rotatable bonds is 5. The molecule has 2 rings (SSSR count). The van der Waals surface area contributed by atoms with Gasteiger partial charge in [-0.05, 0) is 29.8 Å². The Morgan fingerprint density at radius 2 is 1.90 bits per heavy atom. The van der Waals surface area contributed by atoms with Crippen LogP contribution in [0.1, 0.15) is 20.8 Å². The average molecular weight is 322 g/mol. The fraction of sp³-hybridized carbons (Fsp3) is 0.0769. The van der Waals surface area contributed by atoms with Gasteiger partial charge in [0, 0.05) is 0 Å². The van der Waals surface area contributed by atoms with Crippen molar-refractivity contribution in [2.45, 2.75) is 5.75 Å². The largest absolute Gasteiger partial charge is 0.477 e. The zero-order valence-corrected chi connectivity index (χ0v) is 12.2. The highest BCUT2D eigenvalue weighted by molar-refractivity contribution is 7.92. The summed E-state index contributed by atoms with van der Waals surface area (Å²) in [6, 6.07) is 10.9. The summed E-state index contributed by atoms with van der Waals surface area (Å²) in [6.07, 6.45) is 0. The van der Waals surface area contributed by atoms with Crippen LogP contribution >= 0.6 is 11.3 Å². The first kappa shape index (κ1) is 15.0. The molecule has 1 aromatic carbocycles. The molecule has 0 aliphatic heterocycles. The van der Waals surface area contributed by atoms with E-state index in [1.165, 1.54) is 12.1 Å². The van der Waals surface area contributed by atoms with Gasteiger partial charge in [-0.3, -0.25) is 4.72 Å². The summed E-state index contributed by atoms with van der Waals surface area (Å²) in [6.45, 7) is 0. The number of sulfonamides is 1. The maximum Gasteiger partial charge on any atom is 0.345 e. The lowest BCUT2D eigenvalue weighted by atomic mass is 10.2. The Bertz CT molecular complexity index is 801. The first-order valence-corrected chi connectivity index (χ1v) is 8.19. The van der Waals surface area contributed by atoms with E-state index in [9.17, 15) is 13.2 Å². The van der Waals surface area contributed by atoms with E-state index in [4.69, 9.17) is 10.4 Å². The molecule has 0 radical (unpaired) electrons. The lowest BCUT2D eigenvalue weighted by molar-refractivity contribution is 0.0702. The Hall–Kier alpha value is -2.37. The molecule has 0 aliphatic carbocycles. The Balaban J connectivity index is 2.10. The van der Waals surface area contributed by atoms with Crippen molar-refractivity contribution in [2.24, 2.45) is 0 Å². The summed E-state index contributed by atoms with van der Waals surface area (Å²) < 4.78 is 26.3. The van der Waals surface area contributed by atoms with Gasteiger partial charge in [0.1, 0.15) is 9.88 Å². The Morgan fingerprint density at radius 1 is 1.24 bits per heavy atom. The van der Waals surface area contributed by atoms with Gasteiger partial charge < -0.3 is 5.11 Å². The molecule has 108 valence electrons. The Labute approximate surface area is 125 Å². The van der Waals surface area contributed by atoms with Gasteiger partial charge in [0.25, 0.3) is 0 Å². The summed E-state index contributed by atoms with van der Waals surface area (Å²) in [5.74, 6) is -1.35. The molecule has 8 heteroatoms. The highest BCUT2D eigenvalue weighted by Gasteiger charge is 2.14. The van der Waals surface area contributed by atoms with Gasteiger partial charge >= 0.3 is 5.97 Å². The predicted octanol–water partition coefficient (Wildman–Crippen LogP) is 2.26. The third kappa shape index (κ3) is 4.05. The molecular formula is C13H10N2O4S2. The molecule has 0 saturated carbocycles. The highest BCUT2D eigenvalue weighted by atomic mass is 32.2. The second-order valence-corrected chi connectivity index (χ2v) is 6.94. The summed E-state index contributed by atoms with van der Waals surface area (Å²) >= 11 is 0.852. The van der Waals surface area contributed by atoms with Crippen molar-refractivity contribution in [3.63, 3.8) is 0 Å². The molecule has 0 atom stereocenters. The van der Waals surface area contributed by atoms with Crippen LogP contribution in [0.15, 0.2) is 36.4 Å². The van der Waals surface area contributed by atoms with E-state index in [1.54, 1.807) is 24.3 Å². The molecule has 6 nitrogen and oxygen atoms in total. The minimum Gasteiger partial charge on any atom is -0.477 e. The van der Waals surface area contributed by atoms with Crippen LogP contribution in [0.2, 0.25) is 0 Å². The highest BCUT2D eigenvalue weighted by Crippen LogP contribution is 2.23. The van der Waals surface area contributed by atoms with Gasteiger partial charge in [0.2, 0.25) is 10.0 Å². The van der Waals surface area contributed by atoms with Crippen LogP contribution in [-0.2, 0) is 15.8 Å². The number of nitrogens with zero attached hydrogens (tertiary/aromatic N) is 1. The van der Waals surface area contributed by atoms with Crippen LogP contribution in [0.25, 0.3) is 0 Å². The van der Waals surface area contributed by atoms with Crippen molar-refractivity contribution < 1.29 is 18.3 Å². The van der Waals surface area contributed by atoms with E-state index in [-0.39, 0.29) is 15.6 Å². The quantitative estimate of drug-likeness (QED) is 0.878. The van der Waals surface area contributed by atoms with E-state index in [1.807, 2.05) is 6.07 Å². The number of hydrogen-bond acceptors (Lipinski definition) is 5. The molecule has 2 aromatic rings. The first-order valence-electron chi connectivity index (χ1n) is 5.72. The van der Waals surface area contributed by atoms with E-state index < -0.39 is 16.0 Å². The van der Waals surface area contributed by atoms with Crippen molar-refractivity contribution in [3.8, 4) is 6.07 Å². The molecule has 0 amide bonds. The number of carbonyl (C=O) groups is 1. The maximum atomic E-state index is 12.0. The van der Waals surface area contributed by atoms with Gasteiger partial charge in [-0.15, -0.1) is 11.3 Å².